The number of para-hydroxylation sites is 1. The Labute approximate surface area is 171 Å². The Kier molecular flexibility index (Phi) is 5.27. The van der Waals surface area contributed by atoms with E-state index in [9.17, 15) is 9.18 Å². The van der Waals surface area contributed by atoms with Crippen LogP contribution in [0.15, 0.2) is 84.9 Å². The summed E-state index contributed by atoms with van der Waals surface area (Å²) in [4.78, 5) is 12.5. The fourth-order valence-corrected chi connectivity index (χ4v) is 3.03. The lowest BCUT2D eigenvalue weighted by Gasteiger charge is -2.10. The Morgan fingerprint density at radius 2 is 1.66 bits per heavy atom. The molecule has 0 atom stereocenters. The first-order valence-electron chi connectivity index (χ1n) is 8.83. The smallest absolute Gasteiger partial charge is 0.308 e. The molecule has 0 spiro atoms. The molecule has 0 bridgehead atoms. The van der Waals surface area contributed by atoms with E-state index in [1.807, 2.05) is 30.3 Å². The highest BCUT2D eigenvalue weighted by Crippen LogP contribution is 2.25. The predicted molar refractivity (Wildman–Crippen MR) is 113 cm³/mol. The molecule has 4 aromatic rings. The van der Waals surface area contributed by atoms with Crippen LogP contribution in [0.25, 0.3) is 16.9 Å². The standard InChI is InChI=1S/C22H16ClFN4O/c23-16-5-4-6-18(13-16)25-22(29)26-21-14-20(15-9-11-17(24)12-10-15)27-28(21)19-7-2-1-3-8-19/h1-14H,(H2,25,26,29). The molecule has 0 fully saturated rings. The second-order valence-electron chi connectivity index (χ2n) is 6.26. The first-order chi connectivity index (χ1) is 14.1. The van der Waals surface area contributed by atoms with Crippen LogP contribution >= 0.6 is 11.6 Å². The second-order valence-corrected chi connectivity index (χ2v) is 6.69. The third kappa shape index (κ3) is 4.44. The average molecular weight is 407 g/mol. The molecule has 3 aromatic carbocycles. The second kappa shape index (κ2) is 8.16. The lowest BCUT2D eigenvalue weighted by Crippen LogP contribution is -2.21. The fraction of sp³-hybridized carbons (Fsp3) is 0. The Bertz CT molecular complexity index is 1140. The molecule has 0 aliphatic carbocycles. The normalized spacial score (nSPS) is 10.6. The number of aromatic nitrogens is 2. The highest BCUT2D eigenvalue weighted by atomic mass is 35.5. The molecular formula is C22H16ClFN4O. The summed E-state index contributed by atoms with van der Waals surface area (Å²) in [6.45, 7) is 0. The third-order valence-corrected chi connectivity index (χ3v) is 4.41. The van der Waals surface area contributed by atoms with Crippen molar-refractivity contribution in [2.75, 3.05) is 10.6 Å². The van der Waals surface area contributed by atoms with E-state index < -0.39 is 6.03 Å². The number of nitrogens with zero attached hydrogens (tertiary/aromatic N) is 2. The van der Waals surface area contributed by atoms with E-state index in [4.69, 9.17) is 11.6 Å². The molecule has 0 radical (unpaired) electrons. The number of amides is 2. The SMILES string of the molecule is O=C(Nc1cccc(Cl)c1)Nc1cc(-c2ccc(F)cc2)nn1-c1ccccc1. The maximum Gasteiger partial charge on any atom is 0.324 e. The van der Waals surface area contributed by atoms with Gasteiger partial charge in [0.1, 0.15) is 11.6 Å². The molecular weight excluding hydrogens is 391 g/mol. The van der Waals surface area contributed by atoms with E-state index in [-0.39, 0.29) is 5.82 Å². The van der Waals surface area contributed by atoms with Crippen molar-refractivity contribution >= 4 is 29.1 Å². The molecule has 5 nitrogen and oxygen atoms in total. The zero-order chi connectivity index (χ0) is 20.2. The van der Waals surface area contributed by atoms with E-state index in [1.165, 1.54) is 12.1 Å². The average Bonchev–Trinajstić information content (AvgIpc) is 3.12. The largest absolute Gasteiger partial charge is 0.324 e. The summed E-state index contributed by atoms with van der Waals surface area (Å²) in [5.74, 6) is 0.144. The zero-order valence-corrected chi connectivity index (χ0v) is 15.9. The van der Waals surface area contributed by atoms with Crippen LogP contribution in [0.5, 0.6) is 0 Å². The molecule has 0 aliphatic rings. The molecule has 7 heteroatoms. The number of urea groups is 1. The van der Waals surface area contributed by atoms with Gasteiger partial charge < -0.3 is 5.32 Å². The number of carbonyl (C=O) groups excluding carboxylic acids is 1. The van der Waals surface area contributed by atoms with E-state index in [0.717, 1.165) is 11.3 Å². The summed E-state index contributed by atoms with van der Waals surface area (Å²) in [5.41, 5.74) is 2.68. The van der Waals surface area contributed by atoms with Gasteiger partial charge in [-0.05, 0) is 54.6 Å². The van der Waals surface area contributed by atoms with E-state index in [0.29, 0.717) is 22.2 Å². The van der Waals surface area contributed by atoms with Gasteiger partial charge >= 0.3 is 6.03 Å². The minimum atomic E-state index is -0.435. The van der Waals surface area contributed by atoms with Crippen molar-refractivity contribution in [2.45, 2.75) is 0 Å². The summed E-state index contributed by atoms with van der Waals surface area (Å²) >= 11 is 5.96. The predicted octanol–water partition coefficient (Wildman–Crippen LogP) is 5.98. The van der Waals surface area contributed by atoms with Gasteiger partial charge in [0.05, 0.1) is 11.4 Å². The van der Waals surface area contributed by atoms with Gasteiger partial charge in [0.15, 0.2) is 0 Å². The molecule has 1 aromatic heterocycles. The van der Waals surface area contributed by atoms with Crippen LogP contribution < -0.4 is 10.6 Å². The maximum atomic E-state index is 13.3. The number of nitrogens with one attached hydrogen (secondary N) is 2. The van der Waals surface area contributed by atoms with Gasteiger partial charge in [0.2, 0.25) is 0 Å². The summed E-state index contributed by atoms with van der Waals surface area (Å²) in [7, 11) is 0. The first-order valence-corrected chi connectivity index (χ1v) is 9.21. The molecule has 0 aliphatic heterocycles. The van der Waals surface area contributed by atoms with Crippen LogP contribution in [0.3, 0.4) is 0 Å². The minimum Gasteiger partial charge on any atom is -0.308 e. The van der Waals surface area contributed by atoms with Crippen molar-refractivity contribution in [1.82, 2.24) is 9.78 Å². The van der Waals surface area contributed by atoms with Crippen LogP contribution in [0.1, 0.15) is 0 Å². The molecule has 29 heavy (non-hydrogen) atoms. The highest BCUT2D eigenvalue weighted by molar-refractivity contribution is 6.30. The van der Waals surface area contributed by atoms with Gasteiger partial charge in [-0.3, -0.25) is 5.32 Å². The lowest BCUT2D eigenvalue weighted by atomic mass is 10.1. The quantitative estimate of drug-likeness (QED) is 0.438. The van der Waals surface area contributed by atoms with Crippen LogP contribution in [0.4, 0.5) is 20.7 Å². The Hall–Kier alpha value is -3.64. The first kappa shape index (κ1) is 18.7. The number of hydrogen-bond acceptors (Lipinski definition) is 2. The van der Waals surface area contributed by atoms with Crippen LogP contribution in [0, 0.1) is 5.82 Å². The topological polar surface area (TPSA) is 59.0 Å². The van der Waals surface area contributed by atoms with Crippen molar-refractivity contribution in [2.24, 2.45) is 0 Å². The minimum absolute atomic E-state index is 0.324. The molecule has 0 saturated carbocycles. The highest BCUT2D eigenvalue weighted by Gasteiger charge is 2.14. The van der Waals surface area contributed by atoms with Crippen LogP contribution in [-0.2, 0) is 0 Å². The van der Waals surface area contributed by atoms with Crippen LogP contribution in [-0.4, -0.2) is 15.8 Å². The summed E-state index contributed by atoms with van der Waals surface area (Å²) < 4.78 is 14.9. The van der Waals surface area contributed by atoms with E-state index in [1.54, 1.807) is 47.1 Å². The molecule has 0 saturated heterocycles. The Balaban J connectivity index is 1.65. The number of halogens is 2. The van der Waals surface area contributed by atoms with Crippen LogP contribution in [0.2, 0.25) is 5.02 Å². The summed E-state index contributed by atoms with van der Waals surface area (Å²) in [6, 6.07) is 23.6. The molecule has 1 heterocycles. The summed E-state index contributed by atoms with van der Waals surface area (Å²) in [6.07, 6.45) is 0. The van der Waals surface area contributed by atoms with Crippen molar-refractivity contribution in [3.63, 3.8) is 0 Å². The Morgan fingerprint density at radius 1 is 0.897 bits per heavy atom. The van der Waals surface area contributed by atoms with Crippen molar-refractivity contribution in [3.8, 4) is 16.9 Å². The molecule has 2 amide bonds. The van der Waals surface area contributed by atoms with E-state index >= 15 is 0 Å². The molecule has 0 unspecified atom stereocenters. The van der Waals surface area contributed by atoms with Crippen molar-refractivity contribution in [3.05, 3.63) is 95.8 Å². The maximum absolute atomic E-state index is 13.3. The Morgan fingerprint density at radius 3 is 2.38 bits per heavy atom. The van der Waals surface area contributed by atoms with Gasteiger partial charge in [-0.2, -0.15) is 5.10 Å². The molecule has 4 rings (SSSR count). The van der Waals surface area contributed by atoms with Gasteiger partial charge in [0.25, 0.3) is 0 Å². The van der Waals surface area contributed by atoms with Crippen molar-refractivity contribution in [1.29, 1.82) is 0 Å². The van der Waals surface area contributed by atoms with E-state index in [2.05, 4.69) is 15.7 Å². The fourth-order valence-electron chi connectivity index (χ4n) is 2.84. The van der Waals surface area contributed by atoms with Gasteiger partial charge in [-0.25, -0.2) is 13.9 Å². The number of rotatable bonds is 4. The number of hydrogen-bond donors (Lipinski definition) is 2. The number of carbonyl (C=O) groups is 1. The van der Waals surface area contributed by atoms with Gasteiger partial charge in [0, 0.05) is 22.3 Å². The molecule has 2 N–H and O–H groups in total. The number of anilines is 2. The van der Waals surface area contributed by atoms with Gasteiger partial charge in [-0.15, -0.1) is 0 Å². The lowest BCUT2D eigenvalue weighted by molar-refractivity contribution is 0.262. The monoisotopic (exact) mass is 406 g/mol. The van der Waals surface area contributed by atoms with Gasteiger partial charge in [-0.1, -0.05) is 35.9 Å². The van der Waals surface area contributed by atoms with Crippen molar-refractivity contribution < 1.29 is 9.18 Å². The molecule has 144 valence electrons. The third-order valence-electron chi connectivity index (χ3n) is 4.17. The summed E-state index contributed by atoms with van der Waals surface area (Å²) in [5, 5.41) is 10.7. The zero-order valence-electron chi connectivity index (χ0n) is 15.1. The number of benzene rings is 3.